The number of guanidine groups is 4. The van der Waals surface area contributed by atoms with Crippen LogP contribution in [0.25, 0.3) is 10.8 Å². The summed E-state index contributed by atoms with van der Waals surface area (Å²) in [6, 6.07) is 2.26. The fraction of sp³-hybridized carbons (Fsp3) is 0.553. The van der Waals surface area contributed by atoms with Crippen LogP contribution in [0, 0.1) is 21.6 Å². The zero-order valence-electron chi connectivity index (χ0n) is 43.5. The van der Waals surface area contributed by atoms with Gasteiger partial charge in [-0.15, -0.1) is 0 Å². The van der Waals surface area contributed by atoms with E-state index in [1.807, 2.05) is 36.4 Å². The predicted octanol–water partition coefficient (Wildman–Crippen LogP) is -3.76. The Bertz CT molecular complexity index is 2530. The molecule has 2 heterocycles. The van der Waals surface area contributed by atoms with Crippen molar-refractivity contribution in [1.29, 1.82) is 21.6 Å². The molecule has 2 fully saturated rings. The number of piperidine rings is 1. The molecular formula is C47H76N19O11P. The van der Waals surface area contributed by atoms with Gasteiger partial charge in [-0.05, 0) is 93.9 Å². The SMILES string of the molecule is C[C@H](OP(=O)(O)O)C1NC(=O)[C@@H](CCCNC(=N)N)NC(=O)C(CCCNC(=N)N)NC(=O)[C@H](CCCNC(=N)N)NC(=O)C(CCCNC(=N)N)NC(=O)[C@H](Cc2ccc3ccccc3c2)NC(=O)C2CCCCN2C1=O. The van der Waals surface area contributed by atoms with Crippen molar-refractivity contribution in [2.45, 2.75) is 132 Å². The molecule has 430 valence electrons. The number of nitrogens with zero attached hydrogens (tertiary/aromatic N) is 1. The number of phosphoric acid groups is 1. The molecule has 0 saturated carbocycles. The maximum Gasteiger partial charge on any atom is 0.469 e. The number of amides is 7. The van der Waals surface area contributed by atoms with Crippen LogP contribution in [0.5, 0.6) is 0 Å². The van der Waals surface area contributed by atoms with E-state index in [2.05, 4.69) is 53.2 Å². The summed E-state index contributed by atoms with van der Waals surface area (Å²) in [6.07, 6.45) is -1.29. The van der Waals surface area contributed by atoms with Gasteiger partial charge < -0.3 is 90.8 Å². The minimum Gasteiger partial charge on any atom is -0.370 e. The average molecular weight is 1110 g/mol. The van der Waals surface area contributed by atoms with Crippen LogP contribution in [0.4, 0.5) is 0 Å². The van der Waals surface area contributed by atoms with Crippen LogP contribution >= 0.6 is 7.82 Å². The predicted molar refractivity (Wildman–Crippen MR) is 288 cm³/mol. The molecule has 78 heavy (non-hydrogen) atoms. The van der Waals surface area contributed by atoms with Crippen molar-refractivity contribution in [1.82, 2.24) is 58.1 Å². The Kier molecular flexibility index (Phi) is 24.8. The van der Waals surface area contributed by atoms with Crippen molar-refractivity contribution < 1.29 is 52.4 Å². The normalized spacial score (nSPS) is 22.6. The molecule has 4 unspecified atom stereocenters. The van der Waals surface area contributed by atoms with Crippen molar-refractivity contribution in [3.05, 3.63) is 48.0 Å². The summed E-state index contributed by atoms with van der Waals surface area (Å²) in [5.74, 6) is -7.96. The Hall–Kier alpha value is -7.82. The fourth-order valence-corrected chi connectivity index (χ4v) is 9.47. The molecule has 0 aliphatic carbocycles. The standard InChI is InChI=1S/C47H76N19O11P/c1-26(77-78(74,75)76)36-43(73)66-23-5-4-16-35(66)42(72)64-34(25-27-17-18-28-10-2-3-11-29(28)24-27)41(71)63-32(14-8-21-58-46(52)53)39(69)61-30(12-6-19-56-44(48)49)37(67)60-31(13-7-20-57-45(50)51)38(68)62-33(40(70)65-36)15-9-22-59-47(54)55/h2-3,10-11,17-18,24,26,30-36H,4-9,12-16,19-23,25H2,1H3,(H,60,67)(H,61,69)(H,62,68)(H,63,71)(H,64,72)(H,65,70)(H4,48,49,56)(H4,50,51,57)(H4,52,53,58)(H4,54,55,59)(H2,74,75,76)/t26-,30-,31?,32?,33+,34-,35?,36?/m0/s1. The fourth-order valence-electron chi connectivity index (χ4n) is 8.92. The number of hydrogen-bond acceptors (Lipinski definition) is 13. The van der Waals surface area contributed by atoms with Crippen LogP contribution in [0.1, 0.15) is 83.1 Å². The van der Waals surface area contributed by atoms with Crippen molar-refractivity contribution in [3.63, 3.8) is 0 Å². The molecule has 30 nitrogen and oxygen atoms in total. The molecule has 2 aromatic carbocycles. The van der Waals surface area contributed by atoms with E-state index in [0.717, 1.165) is 22.6 Å². The summed E-state index contributed by atoms with van der Waals surface area (Å²) in [4.78, 5) is 124. The minimum absolute atomic E-state index is 0.0177. The number of carbonyl (C=O) groups excluding carboxylic acids is 7. The van der Waals surface area contributed by atoms with Gasteiger partial charge in [-0.3, -0.25) is 59.7 Å². The summed E-state index contributed by atoms with van der Waals surface area (Å²) in [5.41, 5.74) is 22.6. The highest BCUT2D eigenvalue weighted by atomic mass is 31.2. The number of fused-ring (bicyclic) bond motifs is 2. The number of benzene rings is 2. The van der Waals surface area contributed by atoms with E-state index in [4.69, 9.17) is 49.1 Å². The lowest BCUT2D eigenvalue weighted by molar-refractivity contribution is -0.148. The maximum atomic E-state index is 14.9. The Labute approximate surface area is 450 Å². The Morgan fingerprint density at radius 2 is 1.00 bits per heavy atom. The molecule has 31 heteroatoms. The molecule has 0 spiro atoms. The van der Waals surface area contributed by atoms with E-state index in [1.54, 1.807) is 6.07 Å². The molecule has 8 atom stereocenters. The first-order valence-electron chi connectivity index (χ1n) is 25.6. The zero-order valence-corrected chi connectivity index (χ0v) is 44.3. The van der Waals surface area contributed by atoms with Crippen LogP contribution < -0.4 is 76.1 Å². The van der Waals surface area contributed by atoms with E-state index < -0.39 is 104 Å². The van der Waals surface area contributed by atoms with Crippen molar-refractivity contribution >= 4 is 83.8 Å². The highest BCUT2D eigenvalue weighted by Gasteiger charge is 2.42. The molecular weight excluding hydrogens is 1040 g/mol. The zero-order chi connectivity index (χ0) is 57.5. The minimum atomic E-state index is -5.37. The van der Waals surface area contributed by atoms with E-state index in [0.29, 0.717) is 18.4 Å². The van der Waals surface area contributed by atoms with Gasteiger partial charge in [0, 0.05) is 39.1 Å². The topological polar surface area (TPSA) is 509 Å². The van der Waals surface area contributed by atoms with Gasteiger partial charge in [-0.1, -0.05) is 42.5 Å². The molecule has 4 rings (SSSR count). The number of hydrogen-bond donors (Lipinski definition) is 20. The van der Waals surface area contributed by atoms with E-state index in [9.17, 15) is 47.9 Å². The molecule has 0 bridgehead atoms. The van der Waals surface area contributed by atoms with Gasteiger partial charge in [0.1, 0.15) is 42.3 Å². The lowest BCUT2D eigenvalue weighted by Gasteiger charge is -2.39. The van der Waals surface area contributed by atoms with Crippen LogP contribution in [0.2, 0.25) is 0 Å². The van der Waals surface area contributed by atoms with Gasteiger partial charge in [0.05, 0.1) is 6.10 Å². The monoisotopic (exact) mass is 1110 g/mol. The number of nitrogens with two attached hydrogens (primary N) is 4. The number of phosphoric ester groups is 1. The number of carbonyl (C=O) groups is 7. The molecule has 0 aromatic heterocycles. The average Bonchev–Trinajstić information content (AvgIpc) is 3.39. The van der Waals surface area contributed by atoms with Gasteiger partial charge in [-0.2, -0.15) is 0 Å². The Morgan fingerprint density at radius 3 is 1.42 bits per heavy atom. The third-order valence-electron chi connectivity index (χ3n) is 12.8. The van der Waals surface area contributed by atoms with Crippen LogP contribution in [0.3, 0.4) is 0 Å². The molecule has 2 aromatic rings. The third-order valence-corrected chi connectivity index (χ3v) is 13.4. The molecule has 0 radical (unpaired) electrons. The summed E-state index contributed by atoms with van der Waals surface area (Å²) in [6.45, 7) is 1.24. The lowest BCUT2D eigenvalue weighted by atomic mass is 9.97. The number of rotatable bonds is 21. The van der Waals surface area contributed by atoms with Gasteiger partial charge >= 0.3 is 7.82 Å². The smallest absolute Gasteiger partial charge is 0.370 e. The van der Waals surface area contributed by atoms with Crippen LogP contribution in [-0.2, 0) is 49.1 Å². The highest BCUT2D eigenvalue weighted by molar-refractivity contribution is 7.46. The van der Waals surface area contributed by atoms with Crippen LogP contribution in [-0.4, -0.2) is 161 Å². The van der Waals surface area contributed by atoms with E-state index in [-0.39, 0.29) is 115 Å². The summed E-state index contributed by atoms with van der Waals surface area (Å²) in [5, 5.41) is 58.5. The van der Waals surface area contributed by atoms with Gasteiger partial charge in [0.25, 0.3) is 0 Å². The van der Waals surface area contributed by atoms with Crippen LogP contribution in [0.15, 0.2) is 42.5 Å². The highest BCUT2D eigenvalue weighted by Crippen LogP contribution is 2.38. The summed E-state index contributed by atoms with van der Waals surface area (Å²) in [7, 11) is -5.37. The third kappa shape index (κ3) is 21.3. The van der Waals surface area contributed by atoms with E-state index >= 15 is 0 Å². The van der Waals surface area contributed by atoms with E-state index in [1.165, 1.54) is 0 Å². The molecule has 7 amide bonds. The second-order valence-electron chi connectivity index (χ2n) is 19.0. The Morgan fingerprint density at radius 1 is 0.603 bits per heavy atom. The second kappa shape index (κ2) is 30.8. The first-order chi connectivity index (χ1) is 36.9. The van der Waals surface area contributed by atoms with Gasteiger partial charge in [0.15, 0.2) is 23.8 Å². The first kappa shape index (κ1) is 62.7. The Balaban J connectivity index is 1.91. The van der Waals surface area contributed by atoms with Crippen molar-refractivity contribution in [2.75, 3.05) is 32.7 Å². The molecule has 2 aliphatic heterocycles. The number of nitrogens with one attached hydrogen (secondary N) is 14. The summed E-state index contributed by atoms with van der Waals surface area (Å²) < 4.78 is 17.3. The van der Waals surface area contributed by atoms with Gasteiger partial charge in [0.2, 0.25) is 41.4 Å². The molecule has 2 aliphatic rings. The maximum absolute atomic E-state index is 14.9. The second-order valence-corrected chi connectivity index (χ2v) is 20.1. The lowest BCUT2D eigenvalue weighted by Crippen LogP contribution is -2.63. The van der Waals surface area contributed by atoms with Gasteiger partial charge in [-0.25, -0.2) is 4.57 Å². The first-order valence-corrected chi connectivity index (χ1v) is 27.1. The quantitative estimate of drug-likeness (QED) is 0.0247. The molecule has 24 N–H and O–H groups in total. The largest absolute Gasteiger partial charge is 0.469 e. The molecule has 2 saturated heterocycles. The van der Waals surface area contributed by atoms with Crippen molar-refractivity contribution in [3.8, 4) is 0 Å². The van der Waals surface area contributed by atoms with Crippen molar-refractivity contribution in [2.24, 2.45) is 22.9 Å². The summed E-state index contributed by atoms with van der Waals surface area (Å²) >= 11 is 0.